The van der Waals surface area contributed by atoms with Crippen LogP contribution in [-0.4, -0.2) is 20.2 Å². The third-order valence-electron chi connectivity index (χ3n) is 2.05. The number of nitriles is 1. The number of carbonyl (C=O) groups is 1. The summed E-state index contributed by atoms with van der Waals surface area (Å²) in [5.74, 6) is 0.0448. The maximum absolute atomic E-state index is 11.4. The Balaban J connectivity index is 3.39. The molecule has 0 spiro atoms. The topological polar surface area (TPSA) is 59.3 Å². The lowest BCUT2D eigenvalue weighted by Gasteiger charge is -2.08. The zero-order valence-corrected chi connectivity index (χ0v) is 8.83. The number of ether oxygens (including phenoxy) is 2. The van der Waals surface area contributed by atoms with Crippen LogP contribution in [0.1, 0.15) is 21.5 Å². The van der Waals surface area contributed by atoms with Crippen LogP contribution in [0.15, 0.2) is 12.1 Å². The van der Waals surface area contributed by atoms with Crippen LogP contribution in [0.4, 0.5) is 0 Å². The van der Waals surface area contributed by atoms with Gasteiger partial charge in [-0.2, -0.15) is 5.26 Å². The van der Waals surface area contributed by atoms with Crippen LogP contribution in [0.5, 0.6) is 5.75 Å². The first-order valence-corrected chi connectivity index (χ1v) is 4.31. The smallest absolute Gasteiger partial charge is 0.339 e. The Morgan fingerprint density at radius 2 is 2.07 bits per heavy atom. The maximum atomic E-state index is 11.4. The molecule has 15 heavy (non-hydrogen) atoms. The van der Waals surface area contributed by atoms with Gasteiger partial charge in [-0.05, 0) is 24.6 Å². The highest BCUT2D eigenvalue weighted by Gasteiger charge is 2.16. The van der Waals surface area contributed by atoms with E-state index in [4.69, 9.17) is 10.00 Å². The number of nitrogens with zero attached hydrogens (tertiary/aromatic N) is 1. The van der Waals surface area contributed by atoms with Gasteiger partial charge in [-0.3, -0.25) is 0 Å². The van der Waals surface area contributed by atoms with Gasteiger partial charge in [-0.15, -0.1) is 0 Å². The number of hydrogen-bond donors (Lipinski definition) is 0. The van der Waals surface area contributed by atoms with Crippen LogP contribution in [0, 0.1) is 18.3 Å². The van der Waals surface area contributed by atoms with Crippen molar-refractivity contribution in [2.24, 2.45) is 0 Å². The molecule has 1 aromatic carbocycles. The van der Waals surface area contributed by atoms with Gasteiger partial charge >= 0.3 is 5.97 Å². The van der Waals surface area contributed by atoms with E-state index in [1.165, 1.54) is 20.3 Å². The van der Waals surface area contributed by atoms with Crippen molar-refractivity contribution >= 4 is 5.97 Å². The molecule has 0 aliphatic carbocycles. The van der Waals surface area contributed by atoms with Crippen molar-refractivity contribution in [2.75, 3.05) is 14.2 Å². The van der Waals surface area contributed by atoms with E-state index in [0.29, 0.717) is 16.9 Å². The molecule has 0 aliphatic heterocycles. The van der Waals surface area contributed by atoms with E-state index in [1.54, 1.807) is 13.0 Å². The molecule has 0 amide bonds. The molecular formula is C11H11NO3. The standard InChI is InChI=1S/C11H11NO3/c1-7-4-9(14-2)5-8(6-12)10(7)11(13)15-3/h4-5H,1-3H3. The van der Waals surface area contributed by atoms with Crippen molar-refractivity contribution in [1.29, 1.82) is 5.26 Å². The van der Waals surface area contributed by atoms with Gasteiger partial charge in [0.05, 0.1) is 25.3 Å². The van der Waals surface area contributed by atoms with Crippen molar-refractivity contribution in [2.45, 2.75) is 6.92 Å². The second-order valence-corrected chi connectivity index (χ2v) is 2.97. The zero-order valence-electron chi connectivity index (χ0n) is 8.83. The predicted octanol–water partition coefficient (Wildman–Crippen LogP) is 1.66. The molecule has 0 saturated heterocycles. The molecule has 78 valence electrons. The molecular weight excluding hydrogens is 194 g/mol. The minimum Gasteiger partial charge on any atom is -0.497 e. The fraction of sp³-hybridized carbons (Fsp3) is 0.273. The average molecular weight is 205 g/mol. The van der Waals surface area contributed by atoms with E-state index < -0.39 is 5.97 Å². The van der Waals surface area contributed by atoms with E-state index in [0.717, 1.165) is 0 Å². The van der Waals surface area contributed by atoms with Gasteiger partial charge in [0.15, 0.2) is 0 Å². The first-order valence-electron chi connectivity index (χ1n) is 4.31. The lowest BCUT2D eigenvalue weighted by molar-refractivity contribution is 0.0599. The first-order chi connectivity index (χ1) is 7.13. The van der Waals surface area contributed by atoms with Crippen molar-refractivity contribution in [3.05, 3.63) is 28.8 Å². The summed E-state index contributed by atoms with van der Waals surface area (Å²) >= 11 is 0. The summed E-state index contributed by atoms with van der Waals surface area (Å²) in [7, 11) is 2.79. The largest absolute Gasteiger partial charge is 0.497 e. The summed E-state index contributed by atoms with van der Waals surface area (Å²) in [5.41, 5.74) is 1.22. The van der Waals surface area contributed by atoms with Gasteiger partial charge in [0, 0.05) is 0 Å². The number of benzene rings is 1. The molecule has 0 saturated carbocycles. The molecule has 1 rings (SSSR count). The molecule has 0 radical (unpaired) electrons. The van der Waals surface area contributed by atoms with Crippen molar-refractivity contribution in [3.63, 3.8) is 0 Å². The fourth-order valence-electron chi connectivity index (χ4n) is 1.33. The van der Waals surface area contributed by atoms with Crippen molar-refractivity contribution in [3.8, 4) is 11.8 Å². The van der Waals surface area contributed by atoms with Crippen LogP contribution in [0.2, 0.25) is 0 Å². The molecule has 0 aliphatic rings. The summed E-state index contributed by atoms with van der Waals surface area (Å²) in [6, 6.07) is 5.15. The van der Waals surface area contributed by atoms with Crippen LogP contribution in [-0.2, 0) is 4.74 Å². The second-order valence-electron chi connectivity index (χ2n) is 2.97. The number of methoxy groups -OCH3 is 2. The van der Waals surface area contributed by atoms with Gasteiger partial charge < -0.3 is 9.47 Å². The van der Waals surface area contributed by atoms with E-state index in [1.807, 2.05) is 6.07 Å². The zero-order chi connectivity index (χ0) is 11.4. The summed E-state index contributed by atoms with van der Waals surface area (Å²) < 4.78 is 9.60. The van der Waals surface area contributed by atoms with Crippen molar-refractivity contribution in [1.82, 2.24) is 0 Å². The van der Waals surface area contributed by atoms with Gasteiger partial charge in [-0.1, -0.05) is 0 Å². The number of rotatable bonds is 2. The van der Waals surface area contributed by atoms with Gasteiger partial charge in [0.1, 0.15) is 11.8 Å². The Morgan fingerprint density at radius 3 is 2.53 bits per heavy atom. The maximum Gasteiger partial charge on any atom is 0.339 e. The highest BCUT2D eigenvalue weighted by molar-refractivity contribution is 5.94. The summed E-state index contributed by atoms with van der Waals surface area (Å²) in [4.78, 5) is 11.4. The number of esters is 1. The van der Waals surface area contributed by atoms with Crippen LogP contribution >= 0.6 is 0 Å². The molecule has 0 heterocycles. The van der Waals surface area contributed by atoms with E-state index >= 15 is 0 Å². The fourth-order valence-corrected chi connectivity index (χ4v) is 1.33. The van der Waals surface area contributed by atoms with Gasteiger partial charge in [0.25, 0.3) is 0 Å². The minimum absolute atomic E-state index is 0.263. The van der Waals surface area contributed by atoms with Crippen LogP contribution in [0.3, 0.4) is 0 Å². The number of carbonyl (C=O) groups excluding carboxylic acids is 1. The van der Waals surface area contributed by atoms with Gasteiger partial charge in [-0.25, -0.2) is 4.79 Å². The Morgan fingerprint density at radius 1 is 1.40 bits per heavy atom. The lowest BCUT2D eigenvalue weighted by Crippen LogP contribution is -2.07. The molecule has 0 unspecified atom stereocenters. The summed E-state index contributed by atoms with van der Waals surface area (Å²) in [6.07, 6.45) is 0. The molecule has 0 N–H and O–H groups in total. The predicted molar refractivity (Wildman–Crippen MR) is 53.8 cm³/mol. The third kappa shape index (κ3) is 2.08. The Hall–Kier alpha value is -2.02. The molecule has 1 aromatic rings. The Kier molecular flexibility index (Phi) is 3.29. The van der Waals surface area contributed by atoms with E-state index in [2.05, 4.69) is 4.74 Å². The SMILES string of the molecule is COC(=O)c1c(C)cc(OC)cc1C#N. The second kappa shape index (κ2) is 4.47. The molecule has 4 nitrogen and oxygen atoms in total. The Labute approximate surface area is 88.0 Å². The normalized spacial score (nSPS) is 9.20. The number of aryl methyl sites for hydroxylation is 1. The molecule has 0 fully saturated rings. The summed E-state index contributed by atoms with van der Waals surface area (Å²) in [5, 5.41) is 8.89. The first kappa shape index (κ1) is 11.1. The van der Waals surface area contributed by atoms with E-state index in [9.17, 15) is 4.79 Å². The number of hydrogen-bond acceptors (Lipinski definition) is 4. The average Bonchev–Trinajstić information content (AvgIpc) is 2.26. The summed E-state index contributed by atoms with van der Waals surface area (Å²) in [6.45, 7) is 1.73. The van der Waals surface area contributed by atoms with E-state index in [-0.39, 0.29) is 5.56 Å². The highest BCUT2D eigenvalue weighted by Crippen LogP contribution is 2.22. The molecule has 0 aromatic heterocycles. The van der Waals surface area contributed by atoms with Crippen LogP contribution in [0.25, 0.3) is 0 Å². The van der Waals surface area contributed by atoms with Crippen LogP contribution < -0.4 is 4.74 Å². The van der Waals surface area contributed by atoms with Gasteiger partial charge in [0.2, 0.25) is 0 Å². The highest BCUT2D eigenvalue weighted by atomic mass is 16.5. The minimum atomic E-state index is -0.508. The molecule has 0 atom stereocenters. The molecule has 4 heteroatoms. The van der Waals surface area contributed by atoms with Crippen molar-refractivity contribution < 1.29 is 14.3 Å². The lowest BCUT2D eigenvalue weighted by atomic mass is 10.0. The molecule has 0 bridgehead atoms. The third-order valence-corrected chi connectivity index (χ3v) is 2.05. The Bertz CT molecular complexity index is 432. The monoisotopic (exact) mass is 205 g/mol. The quantitative estimate of drug-likeness (QED) is 0.689.